The lowest BCUT2D eigenvalue weighted by atomic mass is 9.98. The Hall–Kier alpha value is -1.32. The molecule has 0 aromatic carbocycles. The van der Waals surface area contributed by atoms with Crippen molar-refractivity contribution in [1.82, 2.24) is 14.6 Å². The number of fused-ring (bicyclic) bond motifs is 1. The van der Waals surface area contributed by atoms with Crippen LogP contribution in [0.1, 0.15) is 5.82 Å². The molecule has 11 heavy (non-hydrogen) atoms. The van der Waals surface area contributed by atoms with Gasteiger partial charge in [0.2, 0.25) is 0 Å². The van der Waals surface area contributed by atoms with Crippen LogP contribution in [0.3, 0.4) is 0 Å². The van der Waals surface area contributed by atoms with E-state index in [1.807, 2.05) is 37.5 Å². The predicted molar refractivity (Wildman–Crippen MR) is 45.9 cm³/mol. The highest BCUT2D eigenvalue weighted by Crippen LogP contribution is 1.97. The minimum atomic E-state index is 0.934. The molecule has 0 saturated carbocycles. The predicted octanol–water partition coefficient (Wildman–Crippen LogP) is -0.704. The number of pyridine rings is 1. The van der Waals surface area contributed by atoms with Gasteiger partial charge in [0.05, 0.1) is 0 Å². The number of aryl methyl sites for hydroxylation is 1. The molecule has 0 saturated heterocycles. The van der Waals surface area contributed by atoms with E-state index in [0.717, 1.165) is 16.9 Å². The van der Waals surface area contributed by atoms with Crippen molar-refractivity contribution in [2.45, 2.75) is 6.92 Å². The third-order valence-corrected chi connectivity index (χ3v) is 1.80. The first-order valence-electron chi connectivity index (χ1n) is 3.56. The third kappa shape index (κ3) is 0.825. The maximum atomic E-state index is 4.03. The molecule has 0 aliphatic carbocycles. The van der Waals surface area contributed by atoms with Crippen LogP contribution in [0, 0.1) is 6.92 Å². The fourth-order valence-electron chi connectivity index (χ4n) is 1.16. The number of nitrogens with zero attached hydrogens (tertiary/aromatic N) is 3. The van der Waals surface area contributed by atoms with E-state index in [0.29, 0.717) is 0 Å². The minimum Gasteiger partial charge on any atom is -0.287 e. The molecule has 54 valence electrons. The van der Waals surface area contributed by atoms with E-state index in [1.54, 1.807) is 0 Å². The van der Waals surface area contributed by atoms with Crippen LogP contribution in [-0.2, 0) is 0 Å². The SMILES string of the molecule is Bc1cccn2c(C)nnc12. The Kier molecular flexibility index (Phi) is 1.21. The van der Waals surface area contributed by atoms with E-state index < -0.39 is 0 Å². The van der Waals surface area contributed by atoms with Crippen LogP contribution in [0.25, 0.3) is 5.65 Å². The Morgan fingerprint density at radius 1 is 1.45 bits per heavy atom. The maximum absolute atomic E-state index is 4.03. The second kappa shape index (κ2) is 2.08. The highest BCUT2D eigenvalue weighted by atomic mass is 15.2. The van der Waals surface area contributed by atoms with Crippen molar-refractivity contribution in [3.63, 3.8) is 0 Å². The number of aromatic nitrogens is 3. The van der Waals surface area contributed by atoms with E-state index >= 15 is 0 Å². The molecule has 2 aromatic rings. The molecule has 0 N–H and O–H groups in total. The molecule has 0 bridgehead atoms. The fraction of sp³-hybridized carbons (Fsp3) is 0.143. The molecular weight excluding hydrogens is 137 g/mol. The van der Waals surface area contributed by atoms with Gasteiger partial charge in [-0.25, -0.2) is 0 Å². The number of hydrogen-bond acceptors (Lipinski definition) is 2. The van der Waals surface area contributed by atoms with Crippen LogP contribution in [0.4, 0.5) is 0 Å². The summed E-state index contributed by atoms with van der Waals surface area (Å²) in [6.45, 7) is 1.94. The molecule has 2 aromatic heterocycles. The van der Waals surface area contributed by atoms with Gasteiger partial charge < -0.3 is 0 Å². The normalized spacial score (nSPS) is 10.6. The van der Waals surface area contributed by atoms with E-state index in [9.17, 15) is 0 Å². The van der Waals surface area contributed by atoms with Crippen LogP contribution in [0.15, 0.2) is 18.3 Å². The van der Waals surface area contributed by atoms with Gasteiger partial charge in [0.15, 0.2) is 5.65 Å². The standard InChI is InChI=1S/C7H8BN3/c1-5-9-10-7-6(8)3-2-4-11(5)7/h2-4H,8H2,1H3. The van der Waals surface area contributed by atoms with Crippen molar-refractivity contribution in [1.29, 1.82) is 0 Å². The van der Waals surface area contributed by atoms with Gasteiger partial charge in [0, 0.05) is 6.20 Å². The van der Waals surface area contributed by atoms with E-state index in [4.69, 9.17) is 0 Å². The number of hydrogen-bond donors (Lipinski definition) is 0. The van der Waals surface area contributed by atoms with Crippen LogP contribution in [0.2, 0.25) is 0 Å². The van der Waals surface area contributed by atoms with Crippen molar-refractivity contribution >= 4 is 19.0 Å². The van der Waals surface area contributed by atoms with Gasteiger partial charge in [0.25, 0.3) is 0 Å². The highest BCUT2D eigenvalue weighted by Gasteiger charge is 2.00. The quantitative estimate of drug-likeness (QED) is 0.458. The van der Waals surface area contributed by atoms with Crippen LogP contribution >= 0.6 is 0 Å². The number of rotatable bonds is 0. The zero-order valence-electron chi connectivity index (χ0n) is 6.57. The molecular formula is C7H8BN3. The minimum absolute atomic E-state index is 0.934. The Bertz CT molecular complexity index is 393. The summed E-state index contributed by atoms with van der Waals surface area (Å²) < 4.78 is 1.98. The van der Waals surface area contributed by atoms with Gasteiger partial charge in [-0.2, -0.15) is 0 Å². The Labute approximate surface area is 65.5 Å². The van der Waals surface area contributed by atoms with E-state index in [1.165, 1.54) is 0 Å². The van der Waals surface area contributed by atoms with Crippen LogP contribution in [-0.4, -0.2) is 22.4 Å². The first-order valence-corrected chi connectivity index (χ1v) is 3.56. The zero-order chi connectivity index (χ0) is 7.84. The van der Waals surface area contributed by atoms with Gasteiger partial charge in [0.1, 0.15) is 13.7 Å². The second-order valence-corrected chi connectivity index (χ2v) is 2.63. The monoisotopic (exact) mass is 145 g/mol. The lowest BCUT2D eigenvalue weighted by molar-refractivity contribution is 1.01. The van der Waals surface area contributed by atoms with Crippen LogP contribution < -0.4 is 5.46 Å². The molecule has 2 rings (SSSR count). The molecule has 2 heterocycles. The van der Waals surface area contributed by atoms with E-state index in [-0.39, 0.29) is 0 Å². The van der Waals surface area contributed by atoms with Crippen molar-refractivity contribution in [2.75, 3.05) is 0 Å². The Morgan fingerprint density at radius 2 is 2.27 bits per heavy atom. The summed E-state index contributed by atoms with van der Waals surface area (Å²) in [7, 11) is 2.03. The van der Waals surface area contributed by atoms with Crippen molar-refractivity contribution < 1.29 is 0 Å². The summed E-state index contributed by atoms with van der Waals surface area (Å²) in [5.74, 6) is 0.934. The van der Waals surface area contributed by atoms with Gasteiger partial charge in [-0.05, 0) is 18.5 Å². The molecule has 0 aliphatic rings. The summed E-state index contributed by atoms with van der Waals surface area (Å²) in [6.07, 6.45) is 1.97. The molecule has 0 aliphatic heterocycles. The van der Waals surface area contributed by atoms with Gasteiger partial charge in [-0.1, -0.05) is 6.07 Å². The zero-order valence-corrected chi connectivity index (χ0v) is 6.57. The average Bonchev–Trinajstić information content (AvgIpc) is 2.35. The average molecular weight is 145 g/mol. The Morgan fingerprint density at radius 3 is 3.00 bits per heavy atom. The molecule has 0 spiro atoms. The van der Waals surface area contributed by atoms with Gasteiger partial charge in [-0.3, -0.25) is 4.40 Å². The molecule has 0 unspecified atom stereocenters. The summed E-state index contributed by atoms with van der Waals surface area (Å²) >= 11 is 0. The summed E-state index contributed by atoms with van der Waals surface area (Å²) in [5.41, 5.74) is 2.11. The van der Waals surface area contributed by atoms with E-state index in [2.05, 4.69) is 10.2 Å². The lowest BCUT2D eigenvalue weighted by Crippen LogP contribution is -2.06. The molecule has 0 amide bonds. The maximum Gasteiger partial charge on any atom is 0.154 e. The smallest absolute Gasteiger partial charge is 0.154 e. The fourth-order valence-corrected chi connectivity index (χ4v) is 1.16. The third-order valence-electron chi connectivity index (χ3n) is 1.80. The van der Waals surface area contributed by atoms with Crippen LogP contribution in [0.5, 0.6) is 0 Å². The van der Waals surface area contributed by atoms with Crippen molar-refractivity contribution in [3.8, 4) is 0 Å². The molecule has 0 atom stereocenters. The van der Waals surface area contributed by atoms with Crippen molar-refractivity contribution in [2.24, 2.45) is 0 Å². The first kappa shape index (κ1) is 6.40. The van der Waals surface area contributed by atoms with Gasteiger partial charge >= 0.3 is 0 Å². The molecule has 0 radical (unpaired) electrons. The Balaban J connectivity index is 2.94. The van der Waals surface area contributed by atoms with Gasteiger partial charge in [-0.15, -0.1) is 10.2 Å². The summed E-state index contributed by atoms with van der Waals surface area (Å²) in [5, 5.41) is 8.00. The topological polar surface area (TPSA) is 30.2 Å². The highest BCUT2D eigenvalue weighted by molar-refractivity contribution is 6.36. The first-order chi connectivity index (χ1) is 5.29. The largest absolute Gasteiger partial charge is 0.287 e. The summed E-state index contributed by atoms with van der Waals surface area (Å²) in [4.78, 5) is 0. The lowest BCUT2D eigenvalue weighted by Gasteiger charge is -1.95. The molecule has 0 fully saturated rings. The second-order valence-electron chi connectivity index (χ2n) is 2.63. The molecule has 3 nitrogen and oxygen atoms in total. The van der Waals surface area contributed by atoms with Crippen molar-refractivity contribution in [3.05, 3.63) is 24.2 Å². The molecule has 4 heteroatoms. The summed E-state index contributed by atoms with van der Waals surface area (Å²) in [6, 6.07) is 4.03.